The Balaban J connectivity index is 1.51. The highest BCUT2D eigenvalue weighted by molar-refractivity contribution is 7.80. The van der Waals surface area contributed by atoms with E-state index in [1.54, 1.807) is 0 Å². The number of nitrogens with one attached hydrogen (secondary N) is 1. The van der Waals surface area contributed by atoms with Crippen molar-refractivity contribution >= 4 is 23.0 Å². The van der Waals surface area contributed by atoms with Gasteiger partial charge in [0.2, 0.25) is 6.79 Å². The summed E-state index contributed by atoms with van der Waals surface area (Å²) in [5.41, 5.74) is 3.61. The normalized spacial score (nSPS) is 12.0. The monoisotopic (exact) mass is 385 g/mol. The first-order valence-corrected chi connectivity index (χ1v) is 9.73. The second kappa shape index (κ2) is 8.95. The summed E-state index contributed by atoms with van der Waals surface area (Å²) in [5, 5.41) is 4.03. The van der Waals surface area contributed by atoms with Crippen molar-refractivity contribution in [2.24, 2.45) is 0 Å². The molecule has 0 bridgehead atoms. The molecule has 3 rings (SSSR count). The molecule has 0 saturated heterocycles. The van der Waals surface area contributed by atoms with E-state index in [-0.39, 0.29) is 0 Å². The molecule has 2 aromatic carbocycles. The van der Waals surface area contributed by atoms with Crippen molar-refractivity contribution < 1.29 is 9.47 Å². The number of fused-ring (bicyclic) bond motifs is 1. The Morgan fingerprint density at radius 2 is 1.67 bits per heavy atom. The van der Waals surface area contributed by atoms with Crippen LogP contribution in [0, 0.1) is 0 Å². The van der Waals surface area contributed by atoms with E-state index in [0.717, 1.165) is 41.8 Å². The molecule has 0 aromatic heterocycles. The Kier molecular flexibility index (Phi) is 6.40. The van der Waals surface area contributed by atoms with Crippen LogP contribution in [0.4, 0.5) is 5.69 Å². The standard InChI is InChI=1S/C21H27N3O2S/c1-4-24(5-2)18-9-6-16(7-10-18)14-23(3)21(27)22-13-17-8-11-19-20(12-17)26-15-25-19/h6-12H,4-5,13-15H2,1-3H3,(H,22,27). The van der Waals surface area contributed by atoms with Gasteiger partial charge in [-0.25, -0.2) is 0 Å². The van der Waals surface area contributed by atoms with Crippen LogP contribution in [0.1, 0.15) is 25.0 Å². The lowest BCUT2D eigenvalue weighted by molar-refractivity contribution is 0.174. The first-order chi connectivity index (χ1) is 13.1. The van der Waals surface area contributed by atoms with Gasteiger partial charge in [0.25, 0.3) is 0 Å². The van der Waals surface area contributed by atoms with E-state index in [0.29, 0.717) is 13.3 Å². The van der Waals surface area contributed by atoms with E-state index in [1.165, 1.54) is 11.3 Å². The molecule has 27 heavy (non-hydrogen) atoms. The number of ether oxygens (including phenoxy) is 2. The molecule has 6 heteroatoms. The van der Waals surface area contributed by atoms with E-state index in [2.05, 4.69) is 53.2 Å². The van der Waals surface area contributed by atoms with Crippen LogP contribution in [0.15, 0.2) is 42.5 Å². The fraction of sp³-hybridized carbons (Fsp3) is 0.381. The van der Waals surface area contributed by atoms with Gasteiger partial charge in [0.15, 0.2) is 16.6 Å². The zero-order valence-electron chi connectivity index (χ0n) is 16.2. The van der Waals surface area contributed by atoms with E-state index in [4.69, 9.17) is 21.7 Å². The maximum Gasteiger partial charge on any atom is 0.231 e. The van der Waals surface area contributed by atoms with Crippen molar-refractivity contribution in [1.82, 2.24) is 10.2 Å². The molecule has 0 radical (unpaired) electrons. The van der Waals surface area contributed by atoms with Crippen LogP contribution in [-0.2, 0) is 13.1 Å². The largest absolute Gasteiger partial charge is 0.454 e. The lowest BCUT2D eigenvalue weighted by Gasteiger charge is -2.23. The summed E-state index contributed by atoms with van der Waals surface area (Å²) in [5.74, 6) is 1.59. The molecular formula is C21H27N3O2S. The maximum absolute atomic E-state index is 5.53. The Labute approximate surface area is 166 Å². The topological polar surface area (TPSA) is 37.0 Å². The predicted octanol–water partition coefficient (Wildman–Crippen LogP) is 3.77. The zero-order chi connectivity index (χ0) is 19.2. The number of anilines is 1. The van der Waals surface area contributed by atoms with Crippen molar-refractivity contribution in [2.45, 2.75) is 26.9 Å². The zero-order valence-corrected chi connectivity index (χ0v) is 17.0. The lowest BCUT2D eigenvalue weighted by atomic mass is 10.2. The number of thiocarbonyl (C=S) groups is 1. The average molecular weight is 386 g/mol. The summed E-state index contributed by atoms with van der Waals surface area (Å²) in [7, 11) is 2.01. The molecule has 1 aliphatic heterocycles. The number of nitrogens with zero attached hydrogens (tertiary/aromatic N) is 2. The third-order valence-corrected chi connectivity index (χ3v) is 5.17. The molecule has 0 fully saturated rings. The molecule has 2 aromatic rings. The molecule has 0 amide bonds. The Bertz CT molecular complexity index is 775. The highest BCUT2D eigenvalue weighted by Crippen LogP contribution is 2.32. The summed E-state index contributed by atoms with van der Waals surface area (Å²) in [6.45, 7) is 8.10. The number of benzene rings is 2. The van der Waals surface area contributed by atoms with E-state index in [9.17, 15) is 0 Å². The minimum atomic E-state index is 0.292. The van der Waals surface area contributed by atoms with Gasteiger partial charge < -0.3 is 24.6 Å². The van der Waals surface area contributed by atoms with Crippen LogP contribution < -0.4 is 19.7 Å². The second-order valence-corrected chi connectivity index (χ2v) is 6.93. The van der Waals surface area contributed by atoms with Crippen molar-refractivity contribution in [3.8, 4) is 11.5 Å². The van der Waals surface area contributed by atoms with Gasteiger partial charge in [0, 0.05) is 38.9 Å². The first kappa shape index (κ1) is 19.3. The third-order valence-electron chi connectivity index (χ3n) is 4.71. The van der Waals surface area contributed by atoms with Crippen LogP contribution >= 0.6 is 12.2 Å². The fourth-order valence-corrected chi connectivity index (χ4v) is 3.25. The van der Waals surface area contributed by atoms with Crippen LogP contribution in [0.25, 0.3) is 0 Å². The minimum absolute atomic E-state index is 0.292. The molecule has 0 atom stereocenters. The SMILES string of the molecule is CCN(CC)c1ccc(CN(C)C(=S)NCc2ccc3c(c2)OCO3)cc1. The van der Waals surface area contributed by atoms with Crippen LogP contribution in [-0.4, -0.2) is 36.9 Å². The predicted molar refractivity (Wildman–Crippen MR) is 113 cm³/mol. The smallest absolute Gasteiger partial charge is 0.231 e. The van der Waals surface area contributed by atoms with Gasteiger partial charge in [-0.3, -0.25) is 0 Å². The molecule has 1 heterocycles. The highest BCUT2D eigenvalue weighted by atomic mass is 32.1. The summed E-state index contributed by atoms with van der Waals surface area (Å²) in [6.07, 6.45) is 0. The van der Waals surface area contributed by atoms with Gasteiger partial charge in [0.05, 0.1) is 0 Å². The quantitative estimate of drug-likeness (QED) is 0.732. The molecule has 0 saturated carbocycles. The Hall–Kier alpha value is -2.47. The van der Waals surface area contributed by atoms with Crippen LogP contribution in [0.2, 0.25) is 0 Å². The lowest BCUT2D eigenvalue weighted by Crippen LogP contribution is -2.36. The van der Waals surface area contributed by atoms with Gasteiger partial charge in [0.1, 0.15) is 0 Å². The summed E-state index contributed by atoms with van der Waals surface area (Å²) in [4.78, 5) is 4.39. The van der Waals surface area contributed by atoms with Gasteiger partial charge in [-0.05, 0) is 61.5 Å². The average Bonchev–Trinajstić information content (AvgIpc) is 3.16. The van der Waals surface area contributed by atoms with Gasteiger partial charge in [-0.1, -0.05) is 18.2 Å². The van der Waals surface area contributed by atoms with Crippen molar-refractivity contribution in [3.63, 3.8) is 0 Å². The molecule has 1 N–H and O–H groups in total. The van der Waals surface area contributed by atoms with E-state index >= 15 is 0 Å². The number of rotatable bonds is 7. The van der Waals surface area contributed by atoms with Crippen molar-refractivity contribution in [1.29, 1.82) is 0 Å². The number of hydrogen-bond acceptors (Lipinski definition) is 4. The second-order valence-electron chi connectivity index (χ2n) is 6.54. The molecule has 0 aliphatic carbocycles. The molecule has 0 spiro atoms. The van der Waals surface area contributed by atoms with E-state index in [1.807, 2.05) is 25.2 Å². The van der Waals surface area contributed by atoms with Gasteiger partial charge in [-0.2, -0.15) is 0 Å². The van der Waals surface area contributed by atoms with Gasteiger partial charge >= 0.3 is 0 Å². The van der Waals surface area contributed by atoms with E-state index < -0.39 is 0 Å². The van der Waals surface area contributed by atoms with Crippen molar-refractivity contribution in [3.05, 3.63) is 53.6 Å². The highest BCUT2D eigenvalue weighted by Gasteiger charge is 2.13. The fourth-order valence-electron chi connectivity index (χ4n) is 3.11. The Morgan fingerprint density at radius 1 is 1.00 bits per heavy atom. The molecule has 0 unspecified atom stereocenters. The Morgan fingerprint density at radius 3 is 2.37 bits per heavy atom. The van der Waals surface area contributed by atoms with Crippen LogP contribution in [0.5, 0.6) is 11.5 Å². The van der Waals surface area contributed by atoms with Crippen molar-refractivity contribution in [2.75, 3.05) is 31.8 Å². The molecule has 5 nitrogen and oxygen atoms in total. The third kappa shape index (κ3) is 4.83. The van der Waals surface area contributed by atoms with Gasteiger partial charge in [-0.15, -0.1) is 0 Å². The molecule has 1 aliphatic rings. The maximum atomic E-state index is 5.53. The summed E-state index contributed by atoms with van der Waals surface area (Å²) < 4.78 is 10.8. The van der Waals surface area contributed by atoms with Crippen LogP contribution in [0.3, 0.4) is 0 Å². The molecule has 144 valence electrons. The summed E-state index contributed by atoms with van der Waals surface area (Å²) in [6, 6.07) is 14.6. The first-order valence-electron chi connectivity index (χ1n) is 9.32. The number of hydrogen-bond donors (Lipinski definition) is 1. The molecular weight excluding hydrogens is 358 g/mol. The summed E-state index contributed by atoms with van der Waals surface area (Å²) >= 11 is 5.53. The minimum Gasteiger partial charge on any atom is -0.454 e.